The molecular formula is C16H24N2O4. The fourth-order valence-corrected chi connectivity index (χ4v) is 1.72. The van der Waals surface area contributed by atoms with Crippen LogP contribution < -0.4 is 10.6 Å². The second-order valence-electron chi connectivity index (χ2n) is 4.75. The smallest absolute Gasteiger partial charge is 0.411 e. The molecule has 1 rings (SSSR count). The standard InChI is InChI=1S/C16H24N2O4/c1-2-3-4-8-12-21-15(19)17-11-13-22-16(20)18-14-9-6-5-7-10-14/h5-7,9-10H,2-4,8,11-13H2,1H3,(H,17,19)(H,18,20). The largest absolute Gasteiger partial charge is 0.450 e. The van der Waals surface area contributed by atoms with Crippen molar-refractivity contribution in [3.8, 4) is 0 Å². The van der Waals surface area contributed by atoms with E-state index in [9.17, 15) is 9.59 Å². The maximum absolute atomic E-state index is 11.5. The van der Waals surface area contributed by atoms with Crippen LogP contribution in [0.15, 0.2) is 30.3 Å². The minimum Gasteiger partial charge on any atom is -0.450 e. The van der Waals surface area contributed by atoms with Gasteiger partial charge in [0.1, 0.15) is 6.61 Å². The average Bonchev–Trinajstić information content (AvgIpc) is 2.52. The van der Waals surface area contributed by atoms with E-state index in [2.05, 4.69) is 17.6 Å². The number of unbranched alkanes of at least 4 members (excludes halogenated alkanes) is 3. The third-order valence-corrected chi connectivity index (χ3v) is 2.86. The first-order chi connectivity index (χ1) is 10.7. The van der Waals surface area contributed by atoms with Crippen molar-refractivity contribution in [3.05, 3.63) is 30.3 Å². The van der Waals surface area contributed by atoms with Gasteiger partial charge in [-0.25, -0.2) is 9.59 Å². The van der Waals surface area contributed by atoms with Crippen LogP contribution in [0.25, 0.3) is 0 Å². The molecule has 1 aromatic rings. The number of hydrogen-bond donors (Lipinski definition) is 2. The predicted octanol–water partition coefficient (Wildman–Crippen LogP) is 3.54. The topological polar surface area (TPSA) is 76.7 Å². The Morgan fingerprint density at radius 1 is 0.955 bits per heavy atom. The predicted molar refractivity (Wildman–Crippen MR) is 84.9 cm³/mol. The first-order valence-electron chi connectivity index (χ1n) is 7.62. The van der Waals surface area contributed by atoms with Gasteiger partial charge in [0.25, 0.3) is 0 Å². The Hall–Kier alpha value is -2.24. The normalized spacial score (nSPS) is 9.86. The van der Waals surface area contributed by atoms with Crippen molar-refractivity contribution in [1.82, 2.24) is 5.32 Å². The summed E-state index contributed by atoms with van der Waals surface area (Å²) in [7, 11) is 0. The molecule has 122 valence electrons. The van der Waals surface area contributed by atoms with Gasteiger partial charge in [-0.15, -0.1) is 0 Å². The summed E-state index contributed by atoms with van der Waals surface area (Å²) in [4.78, 5) is 22.8. The van der Waals surface area contributed by atoms with Crippen molar-refractivity contribution in [3.63, 3.8) is 0 Å². The van der Waals surface area contributed by atoms with Crippen molar-refractivity contribution in [2.24, 2.45) is 0 Å². The number of alkyl carbamates (subject to hydrolysis) is 1. The number of anilines is 1. The Kier molecular flexibility index (Phi) is 9.25. The van der Waals surface area contributed by atoms with Crippen molar-refractivity contribution in [2.75, 3.05) is 25.1 Å². The van der Waals surface area contributed by atoms with Crippen LogP contribution in [0.5, 0.6) is 0 Å². The van der Waals surface area contributed by atoms with Gasteiger partial charge < -0.3 is 14.8 Å². The number of carbonyl (C=O) groups is 2. The molecule has 22 heavy (non-hydrogen) atoms. The van der Waals surface area contributed by atoms with E-state index >= 15 is 0 Å². The lowest BCUT2D eigenvalue weighted by atomic mass is 10.2. The molecule has 0 fully saturated rings. The lowest BCUT2D eigenvalue weighted by molar-refractivity contribution is 0.135. The van der Waals surface area contributed by atoms with E-state index in [0.29, 0.717) is 12.3 Å². The van der Waals surface area contributed by atoms with Crippen molar-refractivity contribution < 1.29 is 19.1 Å². The minimum atomic E-state index is -0.555. The molecule has 6 heteroatoms. The van der Waals surface area contributed by atoms with Crippen molar-refractivity contribution in [1.29, 1.82) is 0 Å². The van der Waals surface area contributed by atoms with Crippen LogP contribution in [-0.2, 0) is 9.47 Å². The van der Waals surface area contributed by atoms with E-state index in [1.54, 1.807) is 12.1 Å². The molecule has 0 aliphatic rings. The van der Waals surface area contributed by atoms with E-state index in [1.807, 2.05) is 18.2 Å². The third kappa shape index (κ3) is 8.84. The second kappa shape index (κ2) is 11.4. The van der Waals surface area contributed by atoms with E-state index in [1.165, 1.54) is 0 Å². The van der Waals surface area contributed by atoms with Gasteiger partial charge in [-0.2, -0.15) is 0 Å². The summed E-state index contributed by atoms with van der Waals surface area (Å²) in [6.07, 6.45) is 3.19. The van der Waals surface area contributed by atoms with Crippen molar-refractivity contribution >= 4 is 17.9 Å². The van der Waals surface area contributed by atoms with Crippen LogP contribution in [0.2, 0.25) is 0 Å². The summed E-state index contributed by atoms with van der Waals surface area (Å²) in [6, 6.07) is 9.00. The average molecular weight is 308 g/mol. The molecule has 0 aromatic heterocycles. The summed E-state index contributed by atoms with van der Waals surface area (Å²) >= 11 is 0. The highest BCUT2D eigenvalue weighted by atomic mass is 16.6. The van der Waals surface area contributed by atoms with Crippen LogP contribution in [0.1, 0.15) is 32.6 Å². The molecule has 2 amide bonds. The van der Waals surface area contributed by atoms with Gasteiger partial charge in [-0.1, -0.05) is 44.4 Å². The molecule has 0 saturated heterocycles. The van der Waals surface area contributed by atoms with Crippen LogP contribution in [-0.4, -0.2) is 31.9 Å². The zero-order chi connectivity index (χ0) is 16.0. The second-order valence-corrected chi connectivity index (χ2v) is 4.75. The van der Waals surface area contributed by atoms with E-state index in [-0.39, 0.29) is 13.2 Å². The van der Waals surface area contributed by atoms with Crippen LogP contribution in [0.4, 0.5) is 15.3 Å². The van der Waals surface area contributed by atoms with Gasteiger partial charge in [0, 0.05) is 5.69 Å². The van der Waals surface area contributed by atoms with Crippen LogP contribution in [0, 0.1) is 0 Å². The van der Waals surface area contributed by atoms with E-state index in [4.69, 9.17) is 9.47 Å². The summed E-state index contributed by atoms with van der Waals surface area (Å²) < 4.78 is 9.92. The minimum absolute atomic E-state index is 0.0869. The van der Waals surface area contributed by atoms with Crippen molar-refractivity contribution in [2.45, 2.75) is 32.6 Å². The molecule has 0 spiro atoms. The maximum Gasteiger partial charge on any atom is 0.411 e. The summed E-state index contributed by atoms with van der Waals surface area (Å²) in [5.41, 5.74) is 0.659. The molecule has 0 saturated carbocycles. The monoisotopic (exact) mass is 308 g/mol. The number of para-hydroxylation sites is 1. The maximum atomic E-state index is 11.5. The molecule has 0 radical (unpaired) electrons. The van der Waals surface area contributed by atoms with Gasteiger partial charge in [-0.05, 0) is 18.6 Å². The number of hydrogen-bond acceptors (Lipinski definition) is 4. The number of carbonyl (C=O) groups excluding carboxylic acids is 2. The van der Waals surface area contributed by atoms with Gasteiger partial charge in [0.05, 0.1) is 13.2 Å². The molecule has 6 nitrogen and oxygen atoms in total. The van der Waals surface area contributed by atoms with Gasteiger partial charge in [0.2, 0.25) is 0 Å². The first kappa shape index (κ1) is 17.8. The Bertz CT molecular complexity index is 437. The van der Waals surface area contributed by atoms with Crippen LogP contribution in [0.3, 0.4) is 0 Å². The fraction of sp³-hybridized carbons (Fsp3) is 0.500. The molecule has 0 aliphatic heterocycles. The zero-order valence-corrected chi connectivity index (χ0v) is 13.0. The van der Waals surface area contributed by atoms with Gasteiger partial charge >= 0.3 is 12.2 Å². The molecule has 0 heterocycles. The highest BCUT2D eigenvalue weighted by molar-refractivity contribution is 5.84. The Morgan fingerprint density at radius 3 is 2.41 bits per heavy atom. The number of ether oxygens (including phenoxy) is 2. The lowest BCUT2D eigenvalue weighted by Gasteiger charge is -2.08. The summed E-state index contributed by atoms with van der Waals surface area (Å²) in [5.74, 6) is 0. The highest BCUT2D eigenvalue weighted by Gasteiger charge is 2.04. The molecule has 0 atom stereocenters. The van der Waals surface area contributed by atoms with E-state index in [0.717, 1.165) is 25.7 Å². The van der Waals surface area contributed by atoms with Crippen LogP contribution >= 0.6 is 0 Å². The fourth-order valence-electron chi connectivity index (χ4n) is 1.72. The summed E-state index contributed by atoms with van der Waals surface area (Å²) in [6.45, 7) is 2.85. The zero-order valence-electron chi connectivity index (χ0n) is 13.0. The molecule has 0 aliphatic carbocycles. The number of benzene rings is 1. The Morgan fingerprint density at radius 2 is 1.68 bits per heavy atom. The lowest BCUT2D eigenvalue weighted by Crippen LogP contribution is -2.29. The van der Waals surface area contributed by atoms with Gasteiger partial charge in [-0.3, -0.25) is 5.32 Å². The number of nitrogens with one attached hydrogen (secondary N) is 2. The molecular weight excluding hydrogens is 284 g/mol. The molecule has 2 N–H and O–H groups in total. The van der Waals surface area contributed by atoms with Gasteiger partial charge in [0.15, 0.2) is 0 Å². The quantitative estimate of drug-likeness (QED) is 0.684. The first-order valence-corrected chi connectivity index (χ1v) is 7.62. The molecule has 0 bridgehead atoms. The summed E-state index contributed by atoms with van der Waals surface area (Å²) in [5, 5.41) is 5.11. The molecule has 1 aromatic carbocycles. The number of amides is 2. The Balaban J connectivity index is 2.00. The van der Waals surface area contributed by atoms with E-state index < -0.39 is 12.2 Å². The highest BCUT2D eigenvalue weighted by Crippen LogP contribution is 2.04. The SMILES string of the molecule is CCCCCCOC(=O)NCCOC(=O)Nc1ccccc1. The number of rotatable bonds is 9. The molecule has 0 unspecified atom stereocenters. The Labute approximate surface area is 131 Å². The third-order valence-electron chi connectivity index (χ3n) is 2.86.